The smallest absolute Gasteiger partial charge is 0.281 e. The molecule has 10 nitrogen and oxygen atoms in total. The van der Waals surface area contributed by atoms with Gasteiger partial charge in [-0.2, -0.15) is 8.42 Å². The fourth-order valence-corrected chi connectivity index (χ4v) is 5.63. The van der Waals surface area contributed by atoms with Crippen molar-refractivity contribution in [3.63, 3.8) is 0 Å². The van der Waals surface area contributed by atoms with E-state index in [0.717, 1.165) is 17.8 Å². The predicted molar refractivity (Wildman–Crippen MR) is 145 cm³/mol. The second-order valence-corrected chi connectivity index (χ2v) is 12.0. The minimum atomic E-state index is -4.24. The molecule has 1 aliphatic heterocycles. The number of nitrogens with one attached hydrogen (secondary N) is 2. The van der Waals surface area contributed by atoms with Gasteiger partial charge in [-0.05, 0) is 76.4 Å². The van der Waals surface area contributed by atoms with Crippen LogP contribution in [0.25, 0.3) is 11.3 Å². The van der Waals surface area contributed by atoms with E-state index in [0.29, 0.717) is 24.0 Å². The Morgan fingerprint density at radius 3 is 2.49 bits per heavy atom. The molecule has 0 spiro atoms. The van der Waals surface area contributed by atoms with Crippen LogP contribution < -0.4 is 20.7 Å². The second kappa shape index (κ2) is 9.97. The van der Waals surface area contributed by atoms with Gasteiger partial charge in [-0.25, -0.2) is 19.7 Å². The third-order valence-corrected chi connectivity index (χ3v) is 7.42. The SMILES string of the molecule is CC1CN(c2nc(-c3ccc(NC(C)C)nc3)ccc2C(=O)NS(=O)(=O)c2cccc(N)n2)C(C)(C)C1. The monoisotopic (exact) mass is 523 g/mol. The highest BCUT2D eigenvalue weighted by Crippen LogP contribution is 2.38. The van der Waals surface area contributed by atoms with E-state index in [2.05, 4.69) is 45.7 Å². The zero-order valence-corrected chi connectivity index (χ0v) is 22.5. The van der Waals surface area contributed by atoms with Crippen LogP contribution in [0.5, 0.6) is 0 Å². The van der Waals surface area contributed by atoms with Gasteiger partial charge in [-0.1, -0.05) is 13.0 Å². The molecule has 37 heavy (non-hydrogen) atoms. The summed E-state index contributed by atoms with van der Waals surface area (Å²) in [5.74, 6) is 0.801. The molecule has 1 fully saturated rings. The summed E-state index contributed by atoms with van der Waals surface area (Å²) in [7, 11) is -4.24. The van der Waals surface area contributed by atoms with E-state index in [-0.39, 0.29) is 28.0 Å². The normalized spacial score (nSPS) is 17.1. The number of sulfonamides is 1. The first kappa shape index (κ1) is 26.3. The third-order valence-electron chi connectivity index (χ3n) is 6.19. The van der Waals surface area contributed by atoms with Crippen LogP contribution in [0.15, 0.2) is 53.7 Å². The number of anilines is 3. The molecule has 1 unspecified atom stereocenters. The molecule has 1 amide bonds. The highest BCUT2D eigenvalue weighted by molar-refractivity contribution is 7.90. The Balaban J connectivity index is 1.73. The van der Waals surface area contributed by atoms with E-state index in [4.69, 9.17) is 10.7 Å². The number of nitrogens with two attached hydrogens (primary N) is 1. The van der Waals surface area contributed by atoms with Crippen molar-refractivity contribution in [2.24, 2.45) is 5.92 Å². The molecule has 0 aromatic carbocycles. The first-order chi connectivity index (χ1) is 17.4. The van der Waals surface area contributed by atoms with Gasteiger partial charge in [0, 0.05) is 29.9 Å². The maximum Gasteiger partial charge on any atom is 0.281 e. The van der Waals surface area contributed by atoms with Crippen molar-refractivity contribution in [2.75, 3.05) is 22.5 Å². The van der Waals surface area contributed by atoms with E-state index in [1.54, 1.807) is 18.3 Å². The van der Waals surface area contributed by atoms with E-state index in [1.807, 2.05) is 26.0 Å². The Morgan fingerprint density at radius 2 is 1.89 bits per heavy atom. The van der Waals surface area contributed by atoms with Gasteiger partial charge in [0.25, 0.3) is 15.9 Å². The molecule has 0 aliphatic carbocycles. The molecule has 0 saturated carbocycles. The van der Waals surface area contributed by atoms with Crippen molar-refractivity contribution < 1.29 is 13.2 Å². The minimum Gasteiger partial charge on any atom is -0.384 e. The fraction of sp³-hybridized carbons (Fsp3) is 0.385. The maximum absolute atomic E-state index is 13.3. The fourth-order valence-electron chi connectivity index (χ4n) is 4.69. The molecule has 1 saturated heterocycles. The van der Waals surface area contributed by atoms with Crippen LogP contribution in [-0.2, 0) is 10.0 Å². The predicted octanol–water partition coefficient (Wildman–Crippen LogP) is 3.68. The summed E-state index contributed by atoms with van der Waals surface area (Å²) in [6.07, 6.45) is 2.63. The maximum atomic E-state index is 13.3. The van der Waals surface area contributed by atoms with Gasteiger partial charge in [0.15, 0.2) is 5.03 Å². The van der Waals surface area contributed by atoms with Gasteiger partial charge >= 0.3 is 0 Å². The molecule has 1 aliphatic rings. The van der Waals surface area contributed by atoms with E-state index >= 15 is 0 Å². The van der Waals surface area contributed by atoms with Crippen molar-refractivity contribution in [1.82, 2.24) is 19.7 Å². The number of rotatable bonds is 7. The lowest BCUT2D eigenvalue weighted by Crippen LogP contribution is -2.41. The third kappa shape index (κ3) is 5.82. The minimum absolute atomic E-state index is 0.0399. The Morgan fingerprint density at radius 1 is 1.14 bits per heavy atom. The van der Waals surface area contributed by atoms with Gasteiger partial charge in [-0.3, -0.25) is 4.79 Å². The quantitative estimate of drug-likeness (QED) is 0.422. The summed E-state index contributed by atoms with van der Waals surface area (Å²) < 4.78 is 27.9. The largest absolute Gasteiger partial charge is 0.384 e. The summed E-state index contributed by atoms with van der Waals surface area (Å²) in [4.78, 5) is 28.6. The van der Waals surface area contributed by atoms with Crippen molar-refractivity contribution in [3.8, 4) is 11.3 Å². The number of amides is 1. The van der Waals surface area contributed by atoms with Crippen molar-refractivity contribution in [1.29, 1.82) is 0 Å². The Hall–Kier alpha value is -3.73. The van der Waals surface area contributed by atoms with E-state index in [9.17, 15) is 13.2 Å². The zero-order valence-electron chi connectivity index (χ0n) is 21.7. The topological polar surface area (TPSA) is 143 Å². The summed E-state index contributed by atoms with van der Waals surface area (Å²) >= 11 is 0. The first-order valence-electron chi connectivity index (χ1n) is 12.2. The molecule has 4 heterocycles. The number of hydrogen-bond donors (Lipinski definition) is 3. The summed E-state index contributed by atoms with van der Waals surface area (Å²) in [5.41, 5.74) is 6.93. The van der Waals surface area contributed by atoms with E-state index in [1.165, 1.54) is 18.2 Å². The number of nitrogen functional groups attached to an aromatic ring is 1. The molecule has 4 rings (SSSR count). The number of carbonyl (C=O) groups is 1. The number of carbonyl (C=O) groups excluding carboxylic acids is 1. The van der Waals surface area contributed by atoms with Crippen LogP contribution in [0.2, 0.25) is 0 Å². The average molecular weight is 524 g/mol. The molecule has 4 N–H and O–H groups in total. The Bertz CT molecular complexity index is 1410. The number of pyridine rings is 3. The van der Waals surface area contributed by atoms with Crippen LogP contribution in [0.3, 0.4) is 0 Å². The van der Waals surface area contributed by atoms with Gasteiger partial charge in [0.05, 0.1) is 11.3 Å². The van der Waals surface area contributed by atoms with Crippen molar-refractivity contribution in [2.45, 2.75) is 57.6 Å². The number of nitrogens with zero attached hydrogens (tertiary/aromatic N) is 4. The lowest BCUT2D eigenvalue weighted by molar-refractivity contribution is 0.0981. The van der Waals surface area contributed by atoms with Crippen molar-refractivity contribution >= 4 is 33.4 Å². The average Bonchev–Trinajstić information content (AvgIpc) is 3.10. The van der Waals surface area contributed by atoms with Crippen LogP contribution in [0, 0.1) is 5.92 Å². The molecular formula is C26H33N7O3S. The highest BCUT2D eigenvalue weighted by Gasteiger charge is 2.39. The molecular weight excluding hydrogens is 490 g/mol. The zero-order chi connectivity index (χ0) is 27.0. The molecule has 1 atom stereocenters. The van der Waals surface area contributed by atoms with Crippen molar-refractivity contribution in [3.05, 3.63) is 54.2 Å². The summed E-state index contributed by atoms with van der Waals surface area (Å²) in [5, 5.41) is 2.93. The van der Waals surface area contributed by atoms with Crippen LogP contribution in [0.1, 0.15) is 51.4 Å². The molecule has 0 bridgehead atoms. The van der Waals surface area contributed by atoms with Crippen LogP contribution >= 0.6 is 0 Å². The van der Waals surface area contributed by atoms with Gasteiger partial charge in [-0.15, -0.1) is 0 Å². The second-order valence-electron chi connectivity index (χ2n) is 10.4. The van der Waals surface area contributed by atoms with Gasteiger partial charge in [0.1, 0.15) is 17.5 Å². The summed E-state index contributed by atoms with van der Waals surface area (Å²) in [6, 6.07) is 11.6. The molecule has 0 radical (unpaired) electrons. The van der Waals surface area contributed by atoms with Gasteiger partial charge in [0.2, 0.25) is 0 Å². The van der Waals surface area contributed by atoms with Crippen LogP contribution in [-0.4, -0.2) is 47.4 Å². The molecule has 11 heteroatoms. The summed E-state index contributed by atoms with van der Waals surface area (Å²) in [6.45, 7) is 11.1. The standard InChI is InChI=1S/C26H33N7O3S/c1-16(2)29-22-12-9-18(14-28-22)20-11-10-19(24(30-20)33-15-17(3)13-26(33,4)5)25(34)32-37(35,36)23-8-6-7-21(27)31-23/h6-12,14,16-17H,13,15H2,1-5H3,(H2,27,31)(H,28,29)(H,32,34). The van der Waals surface area contributed by atoms with E-state index < -0.39 is 15.9 Å². The highest BCUT2D eigenvalue weighted by atomic mass is 32.2. The molecule has 196 valence electrons. The Kier molecular flexibility index (Phi) is 7.09. The first-order valence-corrected chi connectivity index (χ1v) is 13.7. The molecule has 3 aromatic rings. The lowest BCUT2D eigenvalue weighted by Gasteiger charge is -2.34. The lowest BCUT2D eigenvalue weighted by atomic mass is 9.97. The molecule has 3 aromatic heterocycles. The number of aromatic nitrogens is 3. The van der Waals surface area contributed by atoms with Gasteiger partial charge < -0.3 is 16.0 Å². The Labute approximate surface area is 217 Å². The van der Waals surface area contributed by atoms with Crippen LogP contribution in [0.4, 0.5) is 17.5 Å². The number of hydrogen-bond acceptors (Lipinski definition) is 9.